The smallest absolute Gasteiger partial charge is 0.233 e. The third-order valence-electron chi connectivity index (χ3n) is 3.04. The van der Waals surface area contributed by atoms with E-state index in [0.717, 1.165) is 11.0 Å². The minimum absolute atomic E-state index is 0.144. The van der Waals surface area contributed by atoms with Crippen LogP contribution in [0.3, 0.4) is 0 Å². The Morgan fingerprint density at radius 1 is 1.08 bits per heavy atom. The van der Waals surface area contributed by atoms with Crippen LogP contribution >= 0.6 is 11.6 Å². The first kappa shape index (κ1) is 18.3. The molecule has 0 fully saturated rings. The van der Waals surface area contributed by atoms with Crippen molar-refractivity contribution in [1.29, 1.82) is 0 Å². The van der Waals surface area contributed by atoms with E-state index in [2.05, 4.69) is 4.72 Å². The molecule has 0 saturated heterocycles. The van der Waals surface area contributed by atoms with E-state index in [1.54, 1.807) is 43.5 Å². The molecule has 0 aliphatic rings. The molecule has 1 N–H and O–H groups in total. The third-order valence-corrected chi connectivity index (χ3v) is 4.39. The average molecular weight is 368 g/mol. The topological polar surface area (TPSA) is 64.6 Å². The second-order valence-corrected chi connectivity index (χ2v) is 6.88. The van der Waals surface area contributed by atoms with Gasteiger partial charge in [-0.25, -0.2) is 13.1 Å². The van der Waals surface area contributed by atoms with Crippen molar-refractivity contribution in [2.45, 2.75) is 0 Å². The van der Waals surface area contributed by atoms with Crippen LogP contribution in [0.2, 0.25) is 5.02 Å². The largest absolute Gasteiger partial charge is 0.493 e. The fraction of sp³-hybridized carbons (Fsp3) is 0.176. The Bertz CT molecular complexity index is 788. The van der Waals surface area contributed by atoms with Gasteiger partial charge in [0.15, 0.2) is 11.5 Å². The van der Waals surface area contributed by atoms with Gasteiger partial charge in [0.2, 0.25) is 10.0 Å². The molecule has 128 valence electrons. The molecule has 2 aromatic rings. The number of sulfonamides is 1. The molecule has 2 aromatic carbocycles. The molecule has 0 bridgehead atoms. The van der Waals surface area contributed by atoms with Crippen molar-refractivity contribution in [3.63, 3.8) is 0 Å². The Kier molecular flexibility index (Phi) is 6.66. The summed E-state index contributed by atoms with van der Waals surface area (Å²) < 4.78 is 36.9. The number of hydrogen-bond acceptors (Lipinski definition) is 4. The first-order valence-corrected chi connectivity index (χ1v) is 9.12. The van der Waals surface area contributed by atoms with Gasteiger partial charge in [-0.05, 0) is 35.9 Å². The minimum Gasteiger partial charge on any atom is -0.493 e. The fourth-order valence-electron chi connectivity index (χ4n) is 1.87. The fourth-order valence-corrected chi connectivity index (χ4v) is 2.80. The van der Waals surface area contributed by atoms with Crippen molar-refractivity contribution in [1.82, 2.24) is 4.72 Å². The quantitative estimate of drug-likeness (QED) is 0.727. The van der Waals surface area contributed by atoms with Gasteiger partial charge >= 0.3 is 0 Å². The molecule has 0 unspecified atom stereocenters. The zero-order valence-corrected chi connectivity index (χ0v) is 14.7. The highest BCUT2D eigenvalue weighted by molar-refractivity contribution is 7.92. The van der Waals surface area contributed by atoms with Gasteiger partial charge in [0, 0.05) is 17.0 Å². The molecular formula is C17H18ClNO4S. The van der Waals surface area contributed by atoms with Crippen LogP contribution in [-0.2, 0) is 10.0 Å². The van der Waals surface area contributed by atoms with Gasteiger partial charge in [-0.15, -0.1) is 0 Å². The molecule has 0 atom stereocenters. The maximum Gasteiger partial charge on any atom is 0.233 e. The molecule has 0 aliphatic heterocycles. The van der Waals surface area contributed by atoms with Crippen LogP contribution in [0.4, 0.5) is 0 Å². The summed E-state index contributed by atoms with van der Waals surface area (Å²) in [7, 11) is -1.99. The third kappa shape index (κ3) is 5.88. The molecule has 24 heavy (non-hydrogen) atoms. The number of benzene rings is 2. The van der Waals surface area contributed by atoms with Gasteiger partial charge in [-0.2, -0.15) is 0 Å². The van der Waals surface area contributed by atoms with Crippen LogP contribution in [0.15, 0.2) is 53.9 Å². The zero-order valence-electron chi connectivity index (χ0n) is 13.1. The molecular weight excluding hydrogens is 350 g/mol. The van der Waals surface area contributed by atoms with E-state index in [-0.39, 0.29) is 13.2 Å². The molecule has 0 heterocycles. The Morgan fingerprint density at radius 3 is 2.42 bits per heavy atom. The predicted octanol–water partition coefficient (Wildman–Crippen LogP) is 3.32. The monoisotopic (exact) mass is 367 g/mol. The summed E-state index contributed by atoms with van der Waals surface area (Å²) in [6.45, 7) is 0.333. The van der Waals surface area contributed by atoms with Crippen LogP contribution in [-0.4, -0.2) is 28.7 Å². The second-order valence-electron chi connectivity index (χ2n) is 4.79. The maximum atomic E-state index is 11.9. The summed E-state index contributed by atoms with van der Waals surface area (Å²) in [5.41, 5.74) is 0.745. The maximum absolute atomic E-state index is 11.9. The van der Waals surface area contributed by atoms with Gasteiger partial charge in [0.25, 0.3) is 0 Å². The summed E-state index contributed by atoms with van der Waals surface area (Å²) in [4.78, 5) is 0. The summed E-state index contributed by atoms with van der Waals surface area (Å²) in [6, 6.07) is 14.0. The Morgan fingerprint density at radius 2 is 1.75 bits per heavy atom. The molecule has 0 aromatic heterocycles. The van der Waals surface area contributed by atoms with Crippen LogP contribution in [0, 0.1) is 0 Å². The number of para-hydroxylation sites is 2. The molecule has 0 spiro atoms. The second kappa shape index (κ2) is 8.73. The van der Waals surface area contributed by atoms with E-state index in [1.165, 1.54) is 6.08 Å². The first-order valence-electron chi connectivity index (χ1n) is 7.19. The van der Waals surface area contributed by atoms with Gasteiger partial charge in [0.1, 0.15) is 6.61 Å². The molecule has 0 saturated carbocycles. The molecule has 0 radical (unpaired) electrons. The van der Waals surface area contributed by atoms with E-state index >= 15 is 0 Å². The van der Waals surface area contributed by atoms with Gasteiger partial charge in [-0.1, -0.05) is 35.9 Å². The van der Waals surface area contributed by atoms with Crippen LogP contribution in [0.1, 0.15) is 5.56 Å². The summed E-state index contributed by atoms with van der Waals surface area (Å²) >= 11 is 5.78. The van der Waals surface area contributed by atoms with E-state index in [4.69, 9.17) is 21.1 Å². The Balaban J connectivity index is 1.83. The lowest BCUT2D eigenvalue weighted by atomic mass is 10.2. The summed E-state index contributed by atoms with van der Waals surface area (Å²) in [5, 5.41) is 1.71. The average Bonchev–Trinajstić information content (AvgIpc) is 2.58. The van der Waals surface area contributed by atoms with E-state index in [1.807, 2.05) is 12.1 Å². The number of methoxy groups -OCH3 is 1. The standard InChI is InChI=1S/C17H18ClNO4S/c1-22-16-4-2-3-5-17(16)23-12-11-19-24(20,21)13-10-14-6-8-15(18)9-7-14/h2-10,13,19H,11-12H2,1H3/b13-10+. The van der Waals surface area contributed by atoms with Crippen molar-refractivity contribution in [3.05, 3.63) is 64.5 Å². The zero-order chi connectivity index (χ0) is 17.4. The van der Waals surface area contributed by atoms with E-state index in [0.29, 0.717) is 16.5 Å². The number of halogens is 1. The van der Waals surface area contributed by atoms with E-state index in [9.17, 15) is 8.42 Å². The number of hydrogen-bond donors (Lipinski definition) is 1. The van der Waals surface area contributed by atoms with Gasteiger partial charge < -0.3 is 9.47 Å². The number of ether oxygens (including phenoxy) is 2. The Hall–Kier alpha value is -2.02. The molecule has 0 aliphatic carbocycles. The molecule has 0 amide bonds. The highest BCUT2D eigenvalue weighted by Crippen LogP contribution is 2.25. The normalized spacial score (nSPS) is 11.6. The van der Waals surface area contributed by atoms with Crippen molar-refractivity contribution in [2.24, 2.45) is 0 Å². The molecule has 5 nitrogen and oxygen atoms in total. The summed E-state index contributed by atoms with van der Waals surface area (Å²) in [6.07, 6.45) is 1.50. The number of nitrogens with one attached hydrogen (secondary N) is 1. The molecule has 2 rings (SSSR count). The lowest BCUT2D eigenvalue weighted by molar-refractivity contribution is 0.299. The van der Waals surface area contributed by atoms with Crippen molar-refractivity contribution >= 4 is 27.7 Å². The first-order chi connectivity index (χ1) is 11.5. The Labute approximate surface area is 146 Å². The highest BCUT2D eigenvalue weighted by Gasteiger charge is 2.06. The summed E-state index contributed by atoms with van der Waals surface area (Å²) in [5.74, 6) is 1.17. The highest BCUT2D eigenvalue weighted by atomic mass is 35.5. The van der Waals surface area contributed by atoms with Crippen LogP contribution in [0.5, 0.6) is 11.5 Å². The lowest BCUT2D eigenvalue weighted by Crippen LogP contribution is -2.26. The minimum atomic E-state index is -3.53. The van der Waals surface area contributed by atoms with E-state index < -0.39 is 10.0 Å². The predicted molar refractivity (Wildman–Crippen MR) is 95.9 cm³/mol. The van der Waals surface area contributed by atoms with Crippen LogP contribution < -0.4 is 14.2 Å². The SMILES string of the molecule is COc1ccccc1OCCNS(=O)(=O)/C=C/c1ccc(Cl)cc1. The lowest BCUT2D eigenvalue weighted by Gasteiger charge is -2.10. The van der Waals surface area contributed by atoms with Gasteiger partial charge in [-0.3, -0.25) is 0 Å². The van der Waals surface area contributed by atoms with Crippen molar-refractivity contribution < 1.29 is 17.9 Å². The van der Waals surface area contributed by atoms with Crippen molar-refractivity contribution in [3.8, 4) is 11.5 Å². The molecule has 7 heteroatoms. The van der Waals surface area contributed by atoms with Crippen molar-refractivity contribution in [2.75, 3.05) is 20.3 Å². The van der Waals surface area contributed by atoms with Crippen LogP contribution in [0.25, 0.3) is 6.08 Å². The number of rotatable bonds is 8. The van der Waals surface area contributed by atoms with Gasteiger partial charge in [0.05, 0.1) is 7.11 Å².